The number of nitrogen functional groups attached to an aromatic ring is 1. The Bertz CT molecular complexity index is 439. The molecule has 1 saturated carbocycles. The van der Waals surface area contributed by atoms with Crippen LogP contribution >= 0.6 is 11.3 Å². The Morgan fingerprint density at radius 3 is 2.72 bits per heavy atom. The number of thiophene rings is 1. The van der Waals surface area contributed by atoms with Crippen LogP contribution in [0.1, 0.15) is 35.4 Å². The molecule has 5 N–H and O–H groups in total. The third-order valence-corrected chi connectivity index (χ3v) is 4.51. The highest BCUT2D eigenvalue weighted by Crippen LogP contribution is 2.42. The van der Waals surface area contributed by atoms with Crippen LogP contribution in [0.5, 0.6) is 5.75 Å². The highest BCUT2D eigenvalue weighted by atomic mass is 32.1. The van der Waals surface area contributed by atoms with E-state index in [4.69, 9.17) is 16.2 Å². The lowest BCUT2D eigenvalue weighted by molar-refractivity contribution is 0.100. The maximum absolute atomic E-state index is 11.2. The molecule has 0 radical (unpaired) electrons. The SMILES string of the molecule is COc1c(NCC2CCCC2)sc(C(N)=O)c1N. The molecule has 0 unspecified atom stereocenters. The number of hydrogen-bond donors (Lipinski definition) is 3. The fourth-order valence-electron chi connectivity index (χ4n) is 2.38. The van der Waals surface area contributed by atoms with Crippen LogP contribution in [0.25, 0.3) is 0 Å². The normalized spacial score (nSPS) is 15.8. The van der Waals surface area contributed by atoms with Crippen LogP contribution in [-0.4, -0.2) is 19.6 Å². The first kappa shape index (κ1) is 13.0. The second-order valence-electron chi connectivity index (χ2n) is 4.60. The molecule has 6 heteroatoms. The summed E-state index contributed by atoms with van der Waals surface area (Å²) in [5.74, 6) is 0.728. The second kappa shape index (κ2) is 5.48. The summed E-state index contributed by atoms with van der Waals surface area (Å²) in [6.07, 6.45) is 5.14. The average molecular weight is 269 g/mol. The summed E-state index contributed by atoms with van der Waals surface area (Å²) in [5, 5.41) is 4.13. The van der Waals surface area contributed by atoms with E-state index < -0.39 is 5.91 Å². The van der Waals surface area contributed by atoms with Gasteiger partial charge in [-0.05, 0) is 18.8 Å². The molecule has 100 valence electrons. The zero-order chi connectivity index (χ0) is 13.1. The van der Waals surface area contributed by atoms with Crippen molar-refractivity contribution in [2.24, 2.45) is 11.7 Å². The molecule has 0 bridgehead atoms. The number of carbonyl (C=O) groups is 1. The summed E-state index contributed by atoms with van der Waals surface area (Å²) in [7, 11) is 1.55. The molecule has 18 heavy (non-hydrogen) atoms. The van der Waals surface area contributed by atoms with Crippen molar-refractivity contribution in [3.8, 4) is 5.75 Å². The predicted molar refractivity (Wildman–Crippen MR) is 74.2 cm³/mol. The van der Waals surface area contributed by atoms with Gasteiger partial charge in [0.1, 0.15) is 15.6 Å². The van der Waals surface area contributed by atoms with E-state index in [2.05, 4.69) is 5.32 Å². The van der Waals surface area contributed by atoms with E-state index in [1.54, 1.807) is 7.11 Å². The number of nitrogens with two attached hydrogens (primary N) is 2. The van der Waals surface area contributed by atoms with Gasteiger partial charge in [0.25, 0.3) is 5.91 Å². The summed E-state index contributed by atoms with van der Waals surface area (Å²) in [6.45, 7) is 0.897. The lowest BCUT2D eigenvalue weighted by Crippen LogP contribution is -2.10. The lowest BCUT2D eigenvalue weighted by Gasteiger charge is -2.11. The first-order valence-corrected chi connectivity index (χ1v) is 6.95. The third kappa shape index (κ3) is 2.53. The second-order valence-corrected chi connectivity index (χ2v) is 5.62. The van der Waals surface area contributed by atoms with E-state index in [1.165, 1.54) is 37.0 Å². The third-order valence-electron chi connectivity index (χ3n) is 3.35. The number of rotatable bonds is 5. The molecule has 0 saturated heterocycles. The Morgan fingerprint density at radius 1 is 1.50 bits per heavy atom. The van der Waals surface area contributed by atoms with Crippen LogP contribution in [0.3, 0.4) is 0 Å². The van der Waals surface area contributed by atoms with Crippen molar-refractivity contribution in [2.45, 2.75) is 25.7 Å². The molecule has 0 aromatic carbocycles. The summed E-state index contributed by atoms with van der Waals surface area (Å²) >= 11 is 1.27. The predicted octanol–water partition coefficient (Wildman–Crippen LogP) is 2.04. The van der Waals surface area contributed by atoms with Crippen molar-refractivity contribution in [3.05, 3.63) is 4.88 Å². The van der Waals surface area contributed by atoms with Gasteiger partial charge in [0.2, 0.25) is 0 Å². The molecular formula is C12H19N3O2S. The minimum atomic E-state index is -0.510. The molecule has 1 aliphatic carbocycles. The molecule has 5 nitrogen and oxygen atoms in total. The minimum absolute atomic E-state index is 0.337. The highest BCUT2D eigenvalue weighted by molar-refractivity contribution is 7.19. The van der Waals surface area contributed by atoms with E-state index in [-0.39, 0.29) is 0 Å². The molecule has 1 aliphatic rings. The van der Waals surface area contributed by atoms with Gasteiger partial charge in [-0.25, -0.2) is 0 Å². The number of ether oxygens (including phenoxy) is 1. The molecule has 0 aliphatic heterocycles. The average Bonchev–Trinajstić information content (AvgIpc) is 2.93. The van der Waals surface area contributed by atoms with Crippen molar-refractivity contribution in [1.82, 2.24) is 0 Å². The van der Waals surface area contributed by atoms with E-state index >= 15 is 0 Å². The monoisotopic (exact) mass is 269 g/mol. The Morgan fingerprint density at radius 2 is 2.17 bits per heavy atom. The number of methoxy groups -OCH3 is 1. The van der Waals surface area contributed by atoms with Crippen molar-refractivity contribution in [3.63, 3.8) is 0 Å². The fourth-order valence-corrected chi connectivity index (χ4v) is 3.33. The number of primary amides is 1. The largest absolute Gasteiger partial charge is 0.492 e. The highest BCUT2D eigenvalue weighted by Gasteiger charge is 2.21. The van der Waals surface area contributed by atoms with Crippen LogP contribution in [0.4, 0.5) is 10.7 Å². The van der Waals surface area contributed by atoms with Crippen molar-refractivity contribution < 1.29 is 9.53 Å². The maximum Gasteiger partial charge on any atom is 0.261 e. The van der Waals surface area contributed by atoms with E-state index in [0.717, 1.165) is 11.5 Å². The first-order valence-electron chi connectivity index (χ1n) is 6.13. The van der Waals surface area contributed by atoms with Gasteiger partial charge >= 0.3 is 0 Å². The number of anilines is 2. The quantitative estimate of drug-likeness (QED) is 0.763. The Labute approximate surface area is 110 Å². The first-order chi connectivity index (χ1) is 8.63. The Kier molecular flexibility index (Phi) is 3.96. The van der Waals surface area contributed by atoms with Crippen LogP contribution in [0.15, 0.2) is 0 Å². The molecule has 1 fully saturated rings. The maximum atomic E-state index is 11.2. The van der Waals surface area contributed by atoms with Crippen molar-refractivity contribution in [2.75, 3.05) is 24.7 Å². The Balaban J connectivity index is 2.10. The summed E-state index contributed by atoms with van der Waals surface area (Å²) in [4.78, 5) is 11.6. The van der Waals surface area contributed by atoms with E-state index in [9.17, 15) is 4.79 Å². The van der Waals surface area contributed by atoms with Crippen LogP contribution in [0, 0.1) is 5.92 Å². The Hall–Kier alpha value is -1.43. The van der Waals surface area contributed by atoms with E-state index in [1.807, 2.05) is 0 Å². The molecule has 1 amide bonds. The van der Waals surface area contributed by atoms with Crippen LogP contribution in [-0.2, 0) is 0 Å². The fraction of sp³-hybridized carbons (Fsp3) is 0.583. The van der Waals surface area contributed by atoms with Gasteiger partial charge in [-0.2, -0.15) is 0 Å². The van der Waals surface area contributed by atoms with Gasteiger partial charge in [-0.3, -0.25) is 4.79 Å². The van der Waals surface area contributed by atoms with Gasteiger partial charge in [0, 0.05) is 6.54 Å². The van der Waals surface area contributed by atoms with Crippen LogP contribution < -0.4 is 21.5 Å². The zero-order valence-electron chi connectivity index (χ0n) is 10.5. The van der Waals surface area contributed by atoms with Gasteiger partial charge in [0.15, 0.2) is 5.75 Å². The smallest absolute Gasteiger partial charge is 0.261 e. The molecule has 0 atom stereocenters. The van der Waals surface area contributed by atoms with Crippen LogP contribution in [0.2, 0.25) is 0 Å². The van der Waals surface area contributed by atoms with Crippen molar-refractivity contribution >= 4 is 27.9 Å². The number of amides is 1. The molecule has 0 spiro atoms. The number of carbonyl (C=O) groups excluding carboxylic acids is 1. The molecule has 1 aromatic rings. The number of nitrogens with one attached hydrogen (secondary N) is 1. The van der Waals surface area contributed by atoms with Gasteiger partial charge in [0.05, 0.1) is 7.11 Å². The van der Waals surface area contributed by atoms with E-state index in [0.29, 0.717) is 22.2 Å². The standard InChI is InChI=1S/C12H19N3O2S/c1-17-9-8(13)10(11(14)16)18-12(9)15-6-7-4-2-3-5-7/h7,15H,2-6,13H2,1H3,(H2,14,16). The topological polar surface area (TPSA) is 90.4 Å². The minimum Gasteiger partial charge on any atom is -0.492 e. The summed E-state index contributed by atoms with van der Waals surface area (Å²) < 4.78 is 5.24. The summed E-state index contributed by atoms with van der Waals surface area (Å²) in [6, 6.07) is 0. The zero-order valence-corrected chi connectivity index (χ0v) is 11.3. The summed E-state index contributed by atoms with van der Waals surface area (Å²) in [5.41, 5.74) is 11.5. The molecule has 2 rings (SSSR count). The van der Waals surface area contributed by atoms with Gasteiger partial charge in [-0.15, -0.1) is 11.3 Å². The molecule has 1 aromatic heterocycles. The van der Waals surface area contributed by atoms with Crippen molar-refractivity contribution in [1.29, 1.82) is 0 Å². The molecular weight excluding hydrogens is 250 g/mol. The lowest BCUT2D eigenvalue weighted by atomic mass is 10.1. The van der Waals surface area contributed by atoms with Gasteiger partial charge in [-0.1, -0.05) is 12.8 Å². The molecule has 1 heterocycles. The van der Waals surface area contributed by atoms with Gasteiger partial charge < -0.3 is 21.5 Å². The number of hydrogen-bond acceptors (Lipinski definition) is 5.